The van der Waals surface area contributed by atoms with Crippen LogP contribution in [0.3, 0.4) is 0 Å². The molecule has 0 bridgehead atoms. The van der Waals surface area contributed by atoms with Gasteiger partial charge in [-0.25, -0.2) is 0 Å². The monoisotopic (exact) mass is 307 g/mol. The van der Waals surface area contributed by atoms with E-state index in [1.165, 1.54) is 5.56 Å². The Morgan fingerprint density at radius 2 is 2.00 bits per heavy atom. The molecular formula is C16H15Cl2NO. The van der Waals surface area contributed by atoms with E-state index >= 15 is 0 Å². The second-order valence-corrected chi connectivity index (χ2v) is 5.90. The van der Waals surface area contributed by atoms with E-state index in [-0.39, 0.29) is 12.0 Å². The van der Waals surface area contributed by atoms with Gasteiger partial charge in [0.2, 0.25) is 0 Å². The Hall–Kier alpha value is -1.22. The molecule has 0 aromatic heterocycles. The average molecular weight is 308 g/mol. The lowest BCUT2D eigenvalue weighted by molar-refractivity contribution is 0.313. The normalized spacial score (nSPS) is 18.4. The molecule has 0 amide bonds. The quantitative estimate of drug-likeness (QED) is 0.929. The highest BCUT2D eigenvalue weighted by molar-refractivity contribution is 6.35. The number of hydrogen-bond donors (Lipinski definition) is 1. The minimum Gasteiger partial charge on any atom is -0.493 e. The molecule has 0 saturated heterocycles. The molecule has 2 unspecified atom stereocenters. The lowest BCUT2D eigenvalue weighted by Gasteiger charge is -2.19. The number of fused-ring (bicyclic) bond motifs is 1. The van der Waals surface area contributed by atoms with Gasteiger partial charge >= 0.3 is 0 Å². The number of para-hydroxylation sites is 1. The van der Waals surface area contributed by atoms with Crippen LogP contribution in [0.2, 0.25) is 10.0 Å². The second kappa shape index (κ2) is 5.65. The molecule has 0 fully saturated rings. The van der Waals surface area contributed by atoms with Crippen LogP contribution < -0.4 is 10.5 Å². The molecule has 1 aliphatic rings. The van der Waals surface area contributed by atoms with Crippen LogP contribution in [0.5, 0.6) is 5.75 Å². The SMILES string of the molecule is NC(Cc1ccc(Cl)cc1Cl)C1COc2ccccc21. The predicted molar refractivity (Wildman–Crippen MR) is 82.8 cm³/mol. The Bertz CT molecular complexity index is 630. The van der Waals surface area contributed by atoms with E-state index in [2.05, 4.69) is 6.07 Å². The molecule has 2 aromatic rings. The molecule has 0 radical (unpaired) electrons. The third-order valence-electron chi connectivity index (χ3n) is 3.72. The van der Waals surface area contributed by atoms with Gasteiger partial charge in [0.1, 0.15) is 5.75 Å². The van der Waals surface area contributed by atoms with Crippen LogP contribution >= 0.6 is 23.2 Å². The molecule has 1 aliphatic heterocycles. The number of halogens is 2. The lowest BCUT2D eigenvalue weighted by Crippen LogP contribution is -2.31. The number of ether oxygens (including phenoxy) is 1. The van der Waals surface area contributed by atoms with Crippen LogP contribution in [-0.2, 0) is 6.42 Å². The zero-order valence-electron chi connectivity index (χ0n) is 10.9. The van der Waals surface area contributed by atoms with E-state index in [9.17, 15) is 0 Å². The van der Waals surface area contributed by atoms with Gasteiger partial charge in [-0.2, -0.15) is 0 Å². The van der Waals surface area contributed by atoms with E-state index in [0.717, 1.165) is 11.3 Å². The summed E-state index contributed by atoms with van der Waals surface area (Å²) in [6.07, 6.45) is 0.707. The molecule has 2 aromatic carbocycles. The highest BCUT2D eigenvalue weighted by Crippen LogP contribution is 2.36. The van der Waals surface area contributed by atoms with Gasteiger partial charge in [-0.05, 0) is 30.2 Å². The third-order valence-corrected chi connectivity index (χ3v) is 4.31. The molecule has 0 saturated carbocycles. The first-order chi connectivity index (χ1) is 9.65. The van der Waals surface area contributed by atoms with Crippen molar-refractivity contribution >= 4 is 23.2 Å². The van der Waals surface area contributed by atoms with Crippen LogP contribution in [0, 0.1) is 0 Å². The number of hydrogen-bond acceptors (Lipinski definition) is 2. The van der Waals surface area contributed by atoms with Crippen LogP contribution in [-0.4, -0.2) is 12.6 Å². The first kappa shape index (κ1) is 13.7. The highest BCUT2D eigenvalue weighted by atomic mass is 35.5. The van der Waals surface area contributed by atoms with E-state index < -0.39 is 0 Å². The van der Waals surface area contributed by atoms with Crippen LogP contribution in [0.4, 0.5) is 0 Å². The Morgan fingerprint density at radius 3 is 2.80 bits per heavy atom. The summed E-state index contributed by atoms with van der Waals surface area (Å²) in [4.78, 5) is 0. The zero-order valence-corrected chi connectivity index (χ0v) is 12.4. The minimum absolute atomic E-state index is 0.0303. The molecule has 104 valence electrons. The van der Waals surface area contributed by atoms with Gasteiger partial charge in [0.25, 0.3) is 0 Å². The Kier molecular flexibility index (Phi) is 3.88. The maximum atomic E-state index is 6.36. The van der Waals surface area contributed by atoms with Gasteiger partial charge in [0.05, 0.1) is 6.61 Å². The molecule has 2 N–H and O–H groups in total. The van der Waals surface area contributed by atoms with Gasteiger partial charge in [0.15, 0.2) is 0 Å². The molecule has 3 rings (SSSR count). The van der Waals surface area contributed by atoms with Crippen molar-refractivity contribution in [2.75, 3.05) is 6.61 Å². The van der Waals surface area contributed by atoms with Gasteiger partial charge in [-0.15, -0.1) is 0 Å². The van der Waals surface area contributed by atoms with Crippen molar-refractivity contribution in [2.24, 2.45) is 5.73 Å². The van der Waals surface area contributed by atoms with Crippen molar-refractivity contribution in [3.8, 4) is 5.75 Å². The molecule has 0 aliphatic carbocycles. The molecular weight excluding hydrogens is 293 g/mol. The maximum absolute atomic E-state index is 6.36. The highest BCUT2D eigenvalue weighted by Gasteiger charge is 2.29. The first-order valence-corrected chi connectivity index (χ1v) is 7.32. The topological polar surface area (TPSA) is 35.2 Å². The summed E-state index contributed by atoms with van der Waals surface area (Å²) < 4.78 is 5.69. The fourth-order valence-corrected chi connectivity index (χ4v) is 3.11. The van der Waals surface area contributed by atoms with Crippen molar-refractivity contribution < 1.29 is 4.74 Å². The third kappa shape index (κ3) is 2.64. The van der Waals surface area contributed by atoms with Crippen LogP contribution in [0.1, 0.15) is 17.0 Å². The van der Waals surface area contributed by atoms with Crippen molar-refractivity contribution in [3.63, 3.8) is 0 Å². The second-order valence-electron chi connectivity index (χ2n) is 5.06. The van der Waals surface area contributed by atoms with Gasteiger partial charge in [-0.3, -0.25) is 0 Å². The van der Waals surface area contributed by atoms with Crippen molar-refractivity contribution in [3.05, 3.63) is 63.6 Å². The summed E-state index contributed by atoms with van der Waals surface area (Å²) in [5.41, 5.74) is 8.57. The minimum atomic E-state index is -0.0303. The molecule has 0 spiro atoms. The van der Waals surface area contributed by atoms with E-state index in [0.29, 0.717) is 23.1 Å². The van der Waals surface area contributed by atoms with E-state index in [1.807, 2.05) is 30.3 Å². The fraction of sp³-hybridized carbons (Fsp3) is 0.250. The lowest BCUT2D eigenvalue weighted by atomic mass is 9.90. The van der Waals surface area contributed by atoms with Gasteiger partial charge in [-0.1, -0.05) is 47.5 Å². The van der Waals surface area contributed by atoms with Gasteiger partial charge in [0, 0.05) is 27.6 Å². The number of benzene rings is 2. The van der Waals surface area contributed by atoms with Gasteiger partial charge < -0.3 is 10.5 Å². The summed E-state index contributed by atoms with van der Waals surface area (Å²) in [5, 5.41) is 1.31. The van der Waals surface area contributed by atoms with Crippen molar-refractivity contribution in [2.45, 2.75) is 18.4 Å². The maximum Gasteiger partial charge on any atom is 0.122 e. The van der Waals surface area contributed by atoms with E-state index in [1.54, 1.807) is 6.07 Å². The molecule has 2 atom stereocenters. The summed E-state index contributed by atoms with van der Waals surface area (Å²) in [7, 11) is 0. The summed E-state index contributed by atoms with van der Waals surface area (Å²) in [6.45, 7) is 0.631. The van der Waals surface area contributed by atoms with Crippen LogP contribution in [0.15, 0.2) is 42.5 Å². The number of rotatable bonds is 3. The summed E-state index contributed by atoms with van der Waals surface area (Å²) in [5.74, 6) is 1.15. The molecule has 4 heteroatoms. The Labute approximate surface area is 128 Å². The van der Waals surface area contributed by atoms with E-state index in [4.69, 9.17) is 33.7 Å². The predicted octanol–water partition coefficient (Wildman–Crippen LogP) is 4.04. The number of nitrogens with two attached hydrogens (primary N) is 1. The summed E-state index contributed by atoms with van der Waals surface area (Å²) in [6, 6.07) is 13.6. The smallest absolute Gasteiger partial charge is 0.122 e. The van der Waals surface area contributed by atoms with Crippen molar-refractivity contribution in [1.82, 2.24) is 0 Å². The largest absolute Gasteiger partial charge is 0.493 e. The average Bonchev–Trinajstić information content (AvgIpc) is 2.86. The standard InChI is InChI=1S/C16H15Cl2NO/c17-11-6-5-10(14(18)8-11)7-15(19)13-9-20-16-4-2-1-3-12(13)16/h1-6,8,13,15H,7,9,19H2. The zero-order chi connectivity index (χ0) is 14.1. The Balaban J connectivity index is 1.79. The summed E-state index contributed by atoms with van der Waals surface area (Å²) >= 11 is 12.1. The van der Waals surface area contributed by atoms with Crippen molar-refractivity contribution in [1.29, 1.82) is 0 Å². The molecule has 2 nitrogen and oxygen atoms in total. The molecule has 1 heterocycles. The first-order valence-electron chi connectivity index (χ1n) is 6.56. The molecule has 20 heavy (non-hydrogen) atoms. The van der Waals surface area contributed by atoms with Crippen LogP contribution in [0.25, 0.3) is 0 Å². The Morgan fingerprint density at radius 1 is 1.20 bits per heavy atom. The fourth-order valence-electron chi connectivity index (χ4n) is 2.63.